The molecule has 7 nitrogen and oxygen atoms in total. The summed E-state index contributed by atoms with van der Waals surface area (Å²) in [7, 11) is -3.86. The summed E-state index contributed by atoms with van der Waals surface area (Å²) in [6.45, 7) is 2.27. The molecule has 9 heteroatoms. The second-order valence-corrected chi connectivity index (χ2v) is 7.82. The van der Waals surface area contributed by atoms with Gasteiger partial charge in [0.15, 0.2) is 6.10 Å². The van der Waals surface area contributed by atoms with Gasteiger partial charge < -0.3 is 10.1 Å². The number of anilines is 1. The third kappa shape index (κ3) is 7.47. The van der Waals surface area contributed by atoms with Crippen LogP contribution in [0.15, 0.2) is 53.9 Å². The van der Waals surface area contributed by atoms with Gasteiger partial charge in [0, 0.05) is 11.1 Å². The van der Waals surface area contributed by atoms with Crippen LogP contribution in [0.4, 0.5) is 10.1 Å². The van der Waals surface area contributed by atoms with Crippen LogP contribution in [0.5, 0.6) is 0 Å². The van der Waals surface area contributed by atoms with E-state index in [2.05, 4.69) is 10.0 Å². The first-order chi connectivity index (χ1) is 13.7. The molecule has 2 rings (SSSR count). The summed E-state index contributed by atoms with van der Waals surface area (Å²) in [4.78, 5) is 23.9. The number of carbonyl (C=O) groups excluding carboxylic acids is 2. The molecule has 0 saturated carbocycles. The number of sulfonamides is 1. The van der Waals surface area contributed by atoms with Gasteiger partial charge in [-0.3, -0.25) is 9.59 Å². The van der Waals surface area contributed by atoms with Crippen LogP contribution in [-0.4, -0.2) is 32.9 Å². The van der Waals surface area contributed by atoms with Crippen molar-refractivity contribution >= 4 is 33.7 Å². The van der Waals surface area contributed by atoms with Gasteiger partial charge in [-0.05, 0) is 43.2 Å². The van der Waals surface area contributed by atoms with Gasteiger partial charge in [0.2, 0.25) is 10.0 Å². The number of halogens is 1. The number of aryl methyl sites for hydroxylation is 1. The molecule has 2 N–H and O–H groups in total. The molecule has 0 heterocycles. The zero-order valence-corrected chi connectivity index (χ0v) is 16.7. The fourth-order valence-electron chi connectivity index (χ4n) is 2.15. The summed E-state index contributed by atoms with van der Waals surface area (Å²) >= 11 is 0. The topological polar surface area (TPSA) is 102 Å². The lowest BCUT2D eigenvalue weighted by Gasteiger charge is -2.14. The molecule has 2 aromatic rings. The lowest BCUT2D eigenvalue weighted by Crippen LogP contribution is -2.35. The fraction of sp³-hybridized carbons (Fsp3) is 0.200. The molecule has 0 radical (unpaired) electrons. The van der Waals surface area contributed by atoms with Crippen LogP contribution in [-0.2, 0) is 24.3 Å². The van der Waals surface area contributed by atoms with Crippen molar-refractivity contribution in [1.82, 2.24) is 4.72 Å². The summed E-state index contributed by atoms with van der Waals surface area (Å²) in [5.74, 6) is -2.08. The minimum absolute atomic E-state index is 0.216. The van der Waals surface area contributed by atoms with Crippen molar-refractivity contribution < 1.29 is 27.1 Å². The van der Waals surface area contributed by atoms with Gasteiger partial charge in [0.25, 0.3) is 5.91 Å². The van der Waals surface area contributed by atoms with E-state index in [1.54, 1.807) is 37.3 Å². The third-order valence-corrected chi connectivity index (χ3v) is 4.81. The minimum atomic E-state index is -3.86. The van der Waals surface area contributed by atoms with Crippen LogP contribution in [0.3, 0.4) is 0 Å². The van der Waals surface area contributed by atoms with E-state index in [1.807, 2.05) is 0 Å². The SMILES string of the molecule is Cc1ccc(NC(=O)[C@@H](C)OC(=O)CNS(=O)(=O)/C=C/c2ccccc2)cc1F. The molecule has 0 unspecified atom stereocenters. The number of ether oxygens (including phenoxy) is 1. The average molecular weight is 420 g/mol. The Morgan fingerprint density at radius 2 is 1.86 bits per heavy atom. The highest BCUT2D eigenvalue weighted by atomic mass is 32.2. The van der Waals surface area contributed by atoms with Crippen molar-refractivity contribution in [1.29, 1.82) is 0 Å². The van der Waals surface area contributed by atoms with Crippen LogP contribution in [0, 0.1) is 12.7 Å². The molecule has 154 valence electrons. The maximum absolute atomic E-state index is 13.5. The first-order valence-electron chi connectivity index (χ1n) is 8.65. The highest BCUT2D eigenvalue weighted by Gasteiger charge is 2.19. The monoisotopic (exact) mass is 420 g/mol. The number of esters is 1. The number of hydrogen-bond donors (Lipinski definition) is 2. The number of hydrogen-bond acceptors (Lipinski definition) is 5. The molecular formula is C20H21FN2O5S. The molecule has 29 heavy (non-hydrogen) atoms. The summed E-state index contributed by atoms with van der Waals surface area (Å²) in [6, 6.07) is 12.9. The average Bonchev–Trinajstić information content (AvgIpc) is 2.68. The van der Waals surface area contributed by atoms with Crippen LogP contribution in [0.1, 0.15) is 18.1 Å². The van der Waals surface area contributed by atoms with Crippen molar-refractivity contribution in [3.63, 3.8) is 0 Å². The first kappa shape index (κ1) is 22.3. The molecule has 1 atom stereocenters. The van der Waals surface area contributed by atoms with Gasteiger partial charge in [-0.25, -0.2) is 17.5 Å². The smallest absolute Gasteiger partial charge is 0.321 e. The van der Waals surface area contributed by atoms with Crippen molar-refractivity contribution in [3.05, 3.63) is 70.9 Å². The number of amides is 1. The van der Waals surface area contributed by atoms with E-state index in [9.17, 15) is 22.4 Å². The normalized spacial score (nSPS) is 12.5. The maximum Gasteiger partial charge on any atom is 0.321 e. The van der Waals surface area contributed by atoms with Crippen LogP contribution < -0.4 is 10.0 Å². The van der Waals surface area contributed by atoms with E-state index in [0.717, 1.165) is 11.5 Å². The zero-order chi connectivity index (χ0) is 21.4. The predicted octanol–water partition coefficient (Wildman–Crippen LogP) is 2.59. The van der Waals surface area contributed by atoms with Gasteiger partial charge in [0.1, 0.15) is 12.4 Å². The molecular weight excluding hydrogens is 399 g/mol. The highest BCUT2D eigenvalue weighted by molar-refractivity contribution is 7.92. The molecule has 0 aliphatic rings. The van der Waals surface area contributed by atoms with Crippen molar-refractivity contribution in [2.24, 2.45) is 0 Å². The second-order valence-electron chi connectivity index (χ2n) is 6.16. The third-order valence-electron chi connectivity index (χ3n) is 3.77. The molecule has 0 saturated heterocycles. The molecule has 1 amide bonds. The van der Waals surface area contributed by atoms with Gasteiger partial charge in [-0.15, -0.1) is 0 Å². The van der Waals surface area contributed by atoms with Crippen molar-refractivity contribution in [3.8, 4) is 0 Å². The summed E-state index contributed by atoms with van der Waals surface area (Å²) < 4.78 is 44.3. The molecule has 0 aliphatic carbocycles. The fourth-order valence-corrected chi connectivity index (χ4v) is 2.90. The number of rotatable bonds is 8. The Kier molecular flexibility index (Phi) is 7.63. The molecule has 0 spiro atoms. The molecule has 0 aliphatic heterocycles. The molecule has 0 aromatic heterocycles. The summed E-state index contributed by atoms with van der Waals surface area (Å²) in [5, 5.41) is 3.35. The zero-order valence-electron chi connectivity index (χ0n) is 15.9. The van der Waals surface area contributed by atoms with Gasteiger partial charge in [-0.2, -0.15) is 0 Å². The van der Waals surface area contributed by atoms with E-state index in [-0.39, 0.29) is 5.69 Å². The Morgan fingerprint density at radius 1 is 1.17 bits per heavy atom. The van der Waals surface area contributed by atoms with E-state index >= 15 is 0 Å². The number of benzene rings is 2. The predicted molar refractivity (Wildman–Crippen MR) is 108 cm³/mol. The van der Waals surface area contributed by atoms with E-state index in [1.165, 1.54) is 25.1 Å². The summed E-state index contributed by atoms with van der Waals surface area (Å²) in [5.41, 5.74) is 1.32. The highest BCUT2D eigenvalue weighted by Crippen LogP contribution is 2.14. The van der Waals surface area contributed by atoms with E-state index < -0.39 is 40.4 Å². The lowest BCUT2D eigenvalue weighted by molar-refractivity contribution is -0.151. The Bertz CT molecular complexity index is 1010. The molecule has 0 fully saturated rings. The maximum atomic E-state index is 13.5. The minimum Gasteiger partial charge on any atom is -0.452 e. The standard InChI is InChI=1S/C20H21FN2O5S/c1-14-8-9-17(12-18(14)21)23-20(25)15(2)28-19(24)13-22-29(26,27)11-10-16-6-4-3-5-7-16/h3-12,15,22H,13H2,1-2H3,(H,23,25)/b11-10+/t15-/m1/s1. The van der Waals surface area contributed by atoms with E-state index in [0.29, 0.717) is 11.1 Å². The van der Waals surface area contributed by atoms with Crippen molar-refractivity contribution in [2.45, 2.75) is 20.0 Å². The van der Waals surface area contributed by atoms with Crippen LogP contribution in [0.2, 0.25) is 0 Å². The van der Waals surface area contributed by atoms with Crippen LogP contribution >= 0.6 is 0 Å². The Morgan fingerprint density at radius 3 is 2.52 bits per heavy atom. The van der Waals surface area contributed by atoms with Crippen LogP contribution in [0.25, 0.3) is 6.08 Å². The Labute approximate surface area is 168 Å². The van der Waals surface area contributed by atoms with Gasteiger partial charge in [-0.1, -0.05) is 36.4 Å². The Hall–Kier alpha value is -3.04. The molecule has 2 aromatic carbocycles. The second kappa shape index (κ2) is 9.94. The van der Waals surface area contributed by atoms with Gasteiger partial charge in [0.05, 0.1) is 0 Å². The quantitative estimate of drug-likeness (QED) is 0.639. The summed E-state index contributed by atoms with van der Waals surface area (Å²) in [6.07, 6.45) is 0.181. The number of nitrogens with one attached hydrogen (secondary N) is 2. The van der Waals surface area contributed by atoms with E-state index in [4.69, 9.17) is 4.74 Å². The first-order valence-corrected chi connectivity index (χ1v) is 10.2. The Balaban J connectivity index is 1.83. The number of carbonyl (C=O) groups is 2. The largest absolute Gasteiger partial charge is 0.452 e. The lowest BCUT2D eigenvalue weighted by atomic mass is 10.2. The van der Waals surface area contributed by atoms with Crippen molar-refractivity contribution in [2.75, 3.05) is 11.9 Å². The molecule has 0 bridgehead atoms. The van der Waals surface area contributed by atoms with Gasteiger partial charge >= 0.3 is 5.97 Å².